The lowest BCUT2D eigenvalue weighted by Gasteiger charge is -2.13. The lowest BCUT2D eigenvalue weighted by molar-refractivity contribution is -0.136. The molecule has 10 heteroatoms. The van der Waals surface area contributed by atoms with E-state index in [1.54, 1.807) is 0 Å². The van der Waals surface area contributed by atoms with E-state index >= 15 is 0 Å². The average Bonchev–Trinajstić information content (AvgIpc) is 2.44. The summed E-state index contributed by atoms with van der Waals surface area (Å²) in [5, 5.41) is 0. The zero-order chi connectivity index (χ0) is 19.3. The molecule has 0 aliphatic heterocycles. The van der Waals surface area contributed by atoms with E-state index in [0.29, 0.717) is 0 Å². The summed E-state index contributed by atoms with van der Waals surface area (Å²) in [6.45, 7) is 2.81. The largest absolute Gasteiger partial charge is 0.390 e. The molecule has 25 heavy (non-hydrogen) atoms. The summed E-state index contributed by atoms with van der Waals surface area (Å²) in [6, 6.07) is 2.18. The summed E-state index contributed by atoms with van der Waals surface area (Å²) in [5.41, 5.74) is -1.86. The molecular formula is C15H12O9S. The second kappa shape index (κ2) is 8.20. The minimum atomic E-state index is -1.38. The Bertz CT molecular complexity index is 794. The maximum Gasteiger partial charge on any atom is 0.347 e. The van der Waals surface area contributed by atoms with Gasteiger partial charge in [0.2, 0.25) is 0 Å². The van der Waals surface area contributed by atoms with E-state index < -0.39 is 52.5 Å². The van der Waals surface area contributed by atoms with Crippen LogP contribution in [0.25, 0.3) is 0 Å². The van der Waals surface area contributed by atoms with Crippen LogP contribution in [0, 0.1) is 0 Å². The minimum Gasteiger partial charge on any atom is -0.390 e. The Balaban J connectivity index is 3.62. The fourth-order valence-electron chi connectivity index (χ4n) is 1.73. The van der Waals surface area contributed by atoms with Crippen molar-refractivity contribution in [1.82, 2.24) is 0 Å². The quantitative estimate of drug-likeness (QED) is 0.360. The summed E-state index contributed by atoms with van der Waals surface area (Å²) in [6.07, 6.45) is 0. The number of carbonyl (C=O) groups excluding carboxylic acids is 6. The first kappa shape index (κ1) is 20.0. The highest BCUT2D eigenvalue weighted by Crippen LogP contribution is 2.25. The summed E-state index contributed by atoms with van der Waals surface area (Å²) in [4.78, 5) is 69.1. The summed E-state index contributed by atoms with van der Waals surface area (Å²) < 4.78 is 13.1. The van der Waals surface area contributed by atoms with Gasteiger partial charge in [-0.2, -0.15) is 0 Å². The van der Waals surface area contributed by atoms with Crippen molar-refractivity contribution in [2.75, 3.05) is 0 Å². The maximum absolute atomic E-state index is 12.2. The topological polar surface area (TPSA) is 130 Å². The van der Waals surface area contributed by atoms with Crippen LogP contribution in [0.2, 0.25) is 0 Å². The zero-order valence-corrected chi connectivity index (χ0v) is 14.2. The van der Waals surface area contributed by atoms with Gasteiger partial charge in [-0.15, -0.1) is 12.6 Å². The van der Waals surface area contributed by atoms with Crippen LogP contribution in [0.4, 0.5) is 0 Å². The molecule has 0 unspecified atom stereocenters. The molecule has 0 fully saturated rings. The molecule has 0 aromatic heterocycles. The second-order valence-corrected chi connectivity index (χ2v) is 5.01. The molecule has 0 saturated heterocycles. The smallest absolute Gasteiger partial charge is 0.347 e. The van der Waals surface area contributed by atoms with Crippen molar-refractivity contribution in [3.05, 3.63) is 28.8 Å². The van der Waals surface area contributed by atoms with Crippen molar-refractivity contribution in [1.29, 1.82) is 0 Å². The molecule has 0 N–H and O–H groups in total. The van der Waals surface area contributed by atoms with Crippen LogP contribution in [0.1, 0.15) is 51.8 Å². The summed E-state index contributed by atoms with van der Waals surface area (Å²) in [7, 11) is 0. The molecule has 0 aliphatic rings. The second-order valence-electron chi connectivity index (χ2n) is 4.53. The van der Waals surface area contributed by atoms with E-state index in [-0.39, 0.29) is 4.90 Å². The van der Waals surface area contributed by atoms with Crippen molar-refractivity contribution in [3.63, 3.8) is 0 Å². The SMILES string of the molecule is CC(=O)OC(=O)c1ccc(S)c(C(=O)OC(C)=O)c1C(=O)OC(C)=O. The fraction of sp³-hybridized carbons (Fsp3) is 0.200. The third-order valence-corrected chi connectivity index (χ3v) is 2.89. The highest BCUT2D eigenvalue weighted by atomic mass is 32.1. The molecular weight excluding hydrogens is 356 g/mol. The summed E-state index contributed by atoms with van der Waals surface area (Å²) >= 11 is 3.98. The van der Waals surface area contributed by atoms with Crippen molar-refractivity contribution in [2.24, 2.45) is 0 Å². The van der Waals surface area contributed by atoms with E-state index in [4.69, 9.17) is 0 Å². The number of esters is 6. The van der Waals surface area contributed by atoms with E-state index in [1.165, 1.54) is 0 Å². The first-order valence-corrected chi connectivity index (χ1v) is 7.03. The maximum atomic E-state index is 12.2. The first-order chi connectivity index (χ1) is 11.5. The Kier molecular flexibility index (Phi) is 6.57. The van der Waals surface area contributed by atoms with Gasteiger partial charge >= 0.3 is 35.8 Å². The molecule has 0 aliphatic carbocycles. The third kappa shape index (κ3) is 5.24. The van der Waals surface area contributed by atoms with Gasteiger partial charge in [0.05, 0.1) is 16.7 Å². The average molecular weight is 368 g/mol. The molecule has 1 aromatic carbocycles. The Morgan fingerprint density at radius 1 is 0.680 bits per heavy atom. The summed E-state index contributed by atoms with van der Waals surface area (Å²) in [5.74, 6) is -6.93. The Morgan fingerprint density at radius 3 is 1.52 bits per heavy atom. The van der Waals surface area contributed by atoms with Gasteiger partial charge in [-0.25, -0.2) is 14.4 Å². The predicted octanol–water partition coefficient (Wildman–Crippen LogP) is 1.09. The Hall–Kier alpha value is -3.01. The molecule has 1 rings (SSSR count). The normalized spacial score (nSPS) is 9.76. The molecule has 1 aromatic rings. The molecule has 0 heterocycles. The zero-order valence-electron chi connectivity index (χ0n) is 13.3. The van der Waals surface area contributed by atoms with Crippen molar-refractivity contribution >= 4 is 48.4 Å². The molecule has 132 valence electrons. The van der Waals surface area contributed by atoms with Gasteiger partial charge in [-0.05, 0) is 12.1 Å². The number of hydrogen-bond donors (Lipinski definition) is 1. The van der Waals surface area contributed by atoms with Gasteiger partial charge in [0.25, 0.3) is 0 Å². The molecule has 0 radical (unpaired) electrons. The molecule has 0 spiro atoms. The number of ether oxygens (including phenoxy) is 3. The molecule has 0 saturated carbocycles. The monoisotopic (exact) mass is 368 g/mol. The van der Waals surface area contributed by atoms with Crippen LogP contribution in [-0.4, -0.2) is 35.8 Å². The van der Waals surface area contributed by atoms with Gasteiger partial charge < -0.3 is 14.2 Å². The van der Waals surface area contributed by atoms with Crippen LogP contribution < -0.4 is 0 Å². The van der Waals surface area contributed by atoms with Crippen LogP contribution in [-0.2, 0) is 28.6 Å². The molecule has 0 amide bonds. The fourth-order valence-corrected chi connectivity index (χ4v) is 2.01. The number of carbonyl (C=O) groups is 6. The van der Waals surface area contributed by atoms with Crippen LogP contribution in [0.3, 0.4) is 0 Å². The van der Waals surface area contributed by atoms with Crippen LogP contribution >= 0.6 is 12.6 Å². The van der Waals surface area contributed by atoms with E-state index in [9.17, 15) is 28.8 Å². The number of benzene rings is 1. The number of hydrogen-bond acceptors (Lipinski definition) is 10. The molecule has 0 bridgehead atoms. The highest BCUT2D eigenvalue weighted by Gasteiger charge is 2.31. The van der Waals surface area contributed by atoms with E-state index in [0.717, 1.165) is 32.9 Å². The first-order valence-electron chi connectivity index (χ1n) is 6.58. The number of rotatable bonds is 3. The van der Waals surface area contributed by atoms with Gasteiger partial charge in [-0.1, -0.05) is 0 Å². The van der Waals surface area contributed by atoms with Crippen molar-refractivity contribution < 1.29 is 43.0 Å². The molecule has 9 nitrogen and oxygen atoms in total. The standard InChI is InChI=1S/C15H12O9S/c1-6(16)22-13(19)9-4-5-10(25)12(15(21)24-8(3)18)11(9)14(20)23-7(2)17/h4-5,25H,1-3H3. The van der Waals surface area contributed by atoms with Crippen molar-refractivity contribution in [2.45, 2.75) is 25.7 Å². The minimum absolute atomic E-state index is 0.138. The van der Waals surface area contributed by atoms with Gasteiger partial charge in [0, 0.05) is 25.7 Å². The van der Waals surface area contributed by atoms with E-state index in [1.807, 2.05) is 0 Å². The van der Waals surface area contributed by atoms with Crippen LogP contribution in [0.5, 0.6) is 0 Å². The van der Waals surface area contributed by atoms with Gasteiger partial charge in [-0.3, -0.25) is 14.4 Å². The Labute approximate surface area is 146 Å². The van der Waals surface area contributed by atoms with Gasteiger partial charge in [0.15, 0.2) is 0 Å². The number of thiol groups is 1. The molecule has 0 atom stereocenters. The van der Waals surface area contributed by atoms with Crippen molar-refractivity contribution in [3.8, 4) is 0 Å². The Morgan fingerprint density at radius 2 is 1.08 bits per heavy atom. The van der Waals surface area contributed by atoms with E-state index in [2.05, 4.69) is 26.8 Å². The lowest BCUT2D eigenvalue weighted by atomic mass is 10.0. The van der Waals surface area contributed by atoms with Crippen LogP contribution in [0.15, 0.2) is 17.0 Å². The third-order valence-electron chi connectivity index (χ3n) is 2.52. The van der Waals surface area contributed by atoms with Gasteiger partial charge in [0.1, 0.15) is 0 Å². The highest BCUT2D eigenvalue weighted by molar-refractivity contribution is 7.80. The lowest BCUT2D eigenvalue weighted by Crippen LogP contribution is -2.23. The predicted molar refractivity (Wildman–Crippen MR) is 82.0 cm³/mol.